The maximum absolute atomic E-state index is 14.0. The monoisotopic (exact) mass is 751 g/mol. The Hall–Kier alpha value is -4.18. The number of fused-ring (bicyclic) bond motifs is 1. The number of nitrogens with zero attached hydrogens (tertiary/aromatic N) is 3. The van der Waals surface area contributed by atoms with Crippen LogP contribution in [0.5, 0.6) is 17.2 Å². The van der Waals surface area contributed by atoms with Gasteiger partial charge in [-0.15, -0.1) is 0 Å². The third-order valence-electron chi connectivity index (χ3n) is 6.84. The van der Waals surface area contributed by atoms with E-state index < -0.39 is 12.0 Å². The van der Waals surface area contributed by atoms with Crippen molar-refractivity contribution in [2.24, 2.45) is 4.99 Å². The SMILES string of the molecule is CCOc1ccc([C@@H]2C(C(=O)OC)=CN=c3s/c(=C\c4cc(Br)c(OCc5ccccc5C#N)c(Br)c4)c(=O)n32)cc1OCC. The van der Waals surface area contributed by atoms with Gasteiger partial charge in [-0.1, -0.05) is 35.6 Å². The minimum Gasteiger partial charge on any atom is -0.490 e. The molecule has 230 valence electrons. The summed E-state index contributed by atoms with van der Waals surface area (Å²) in [5.41, 5.74) is 2.59. The Morgan fingerprint density at radius 2 is 1.76 bits per heavy atom. The van der Waals surface area contributed by atoms with Gasteiger partial charge in [-0.3, -0.25) is 9.36 Å². The summed E-state index contributed by atoms with van der Waals surface area (Å²) in [6, 6.07) is 17.7. The van der Waals surface area contributed by atoms with Crippen molar-refractivity contribution in [1.29, 1.82) is 5.26 Å². The molecule has 0 aliphatic carbocycles. The maximum atomic E-state index is 14.0. The number of benzene rings is 3. The highest BCUT2D eigenvalue weighted by Crippen LogP contribution is 2.37. The average Bonchev–Trinajstić information content (AvgIpc) is 3.35. The molecule has 4 aromatic rings. The van der Waals surface area contributed by atoms with Gasteiger partial charge in [0, 0.05) is 11.8 Å². The van der Waals surface area contributed by atoms with Crippen molar-refractivity contribution in [3.8, 4) is 23.3 Å². The molecule has 0 saturated carbocycles. The van der Waals surface area contributed by atoms with Gasteiger partial charge in [0.1, 0.15) is 12.4 Å². The van der Waals surface area contributed by atoms with E-state index in [0.29, 0.717) is 59.9 Å². The molecule has 12 heteroatoms. The van der Waals surface area contributed by atoms with E-state index in [0.717, 1.165) is 11.1 Å². The molecule has 0 saturated heterocycles. The van der Waals surface area contributed by atoms with Crippen LogP contribution in [0.15, 0.2) is 85.1 Å². The third kappa shape index (κ3) is 6.76. The van der Waals surface area contributed by atoms with Crippen LogP contribution >= 0.6 is 43.2 Å². The summed E-state index contributed by atoms with van der Waals surface area (Å²) in [6.45, 7) is 4.82. The highest BCUT2D eigenvalue weighted by atomic mass is 79.9. The van der Waals surface area contributed by atoms with Crippen molar-refractivity contribution >= 4 is 55.2 Å². The highest BCUT2D eigenvalue weighted by molar-refractivity contribution is 9.11. The summed E-state index contributed by atoms with van der Waals surface area (Å²) in [6.07, 6.45) is 3.21. The second-order valence-electron chi connectivity index (χ2n) is 9.62. The topological polar surface area (TPSA) is 112 Å². The second-order valence-corrected chi connectivity index (χ2v) is 12.3. The molecule has 1 aliphatic rings. The first-order chi connectivity index (χ1) is 21.8. The molecule has 5 rings (SSSR count). The summed E-state index contributed by atoms with van der Waals surface area (Å²) >= 11 is 8.38. The van der Waals surface area contributed by atoms with Crippen molar-refractivity contribution < 1.29 is 23.7 Å². The van der Waals surface area contributed by atoms with Gasteiger partial charge in [0.25, 0.3) is 5.56 Å². The van der Waals surface area contributed by atoms with Gasteiger partial charge < -0.3 is 18.9 Å². The number of nitriles is 1. The van der Waals surface area contributed by atoms with E-state index in [1.807, 2.05) is 44.2 Å². The van der Waals surface area contributed by atoms with E-state index in [1.165, 1.54) is 29.2 Å². The van der Waals surface area contributed by atoms with Crippen LogP contribution in [-0.4, -0.2) is 30.9 Å². The Morgan fingerprint density at radius 1 is 1.04 bits per heavy atom. The molecule has 1 aromatic heterocycles. The molecule has 2 heterocycles. The molecule has 0 N–H and O–H groups in total. The van der Waals surface area contributed by atoms with Crippen molar-refractivity contribution in [2.75, 3.05) is 20.3 Å². The van der Waals surface area contributed by atoms with Crippen molar-refractivity contribution in [3.63, 3.8) is 0 Å². The van der Waals surface area contributed by atoms with Gasteiger partial charge in [0.2, 0.25) is 0 Å². The molecule has 0 radical (unpaired) electrons. The number of carbonyl (C=O) groups is 1. The zero-order valence-electron chi connectivity index (χ0n) is 24.5. The number of methoxy groups -OCH3 is 1. The van der Waals surface area contributed by atoms with Crippen molar-refractivity contribution in [2.45, 2.75) is 26.5 Å². The number of aromatic nitrogens is 1. The van der Waals surface area contributed by atoms with E-state index in [1.54, 1.807) is 30.3 Å². The number of rotatable bonds is 10. The average molecular weight is 753 g/mol. The fourth-order valence-electron chi connectivity index (χ4n) is 4.84. The second kappa shape index (κ2) is 14.3. The number of esters is 1. The molecule has 0 spiro atoms. The normalized spacial score (nSPS) is 14.1. The van der Waals surface area contributed by atoms with E-state index in [-0.39, 0.29) is 17.7 Å². The highest BCUT2D eigenvalue weighted by Gasteiger charge is 2.31. The summed E-state index contributed by atoms with van der Waals surface area (Å²) < 4.78 is 25.9. The largest absolute Gasteiger partial charge is 0.490 e. The Labute approximate surface area is 279 Å². The van der Waals surface area contributed by atoms with Gasteiger partial charge in [-0.25, -0.2) is 9.79 Å². The Morgan fingerprint density at radius 3 is 2.44 bits per heavy atom. The van der Waals surface area contributed by atoms with Crippen LogP contribution in [0, 0.1) is 11.3 Å². The van der Waals surface area contributed by atoms with E-state index >= 15 is 0 Å². The lowest BCUT2D eigenvalue weighted by Crippen LogP contribution is -2.39. The predicted molar refractivity (Wildman–Crippen MR) is 177 cm³/mol. The first-order valence-electron chi connectivity index (χ1n) is 13.9. The van der Waals surface area contributed by atoms with Crippen LogP contribution in [-0.2, 0) is 16.1 Å². The van der Waals surface area contributed by atoms with Crippen LogP contribution in [0.25, 0.3) is 6.08 Å². The number of hydrogen-bond donors (Lipinski definition) is 0. The number of carbonyl (C=O) groups excluding carboxylic acids is 1. The Balaban J connectivity index is 1.54. The first-order valence-corrected chi connectivity index (χ1v) is 16.3. The quantitative estimate of drug-likeness (QED) is 0.189. The molecular weight excluding hydrogens is 726 g/mol. The summed E-state index contributed by atoms with van der Waals surface area (Å²) in [4.78, 5) is 31.7. The van der Waals surface area contributed by atoms with Crippen LogP contribution < -0.4 is 29.1 Å². The van der Waals surface area contributed by atoms with Crippen LogP contribution in [0.3, 0.4) is 0 Å². The number of halogens is 2. The smallest absolute Gasteiger partial charge is 0.337 e. The van der Waals surface area contributed by atoms with E-state index in [2.05, 4.69) is 42.9 Å². The van der Waals surface area contributed by atoms with Gasteiger partial charge >= 0.3 is 5.97 Å². The molecule has 0 unspecified atom stereocenters. The van der Waals surface area contributed by atoms with Crippen molar-refractivity contribution in [3.05, 3.63) is 117 Å². The van der Waals surface area contributed by atoms with Gasteiger partial charge in [0.15, 0.2) is 16.3 Å². The lowest BCUT2D eigenvalue weighted by atomic mass is 9.97. The molecule has 0 fully saturated rings. The van der Waals surface area contributed by atoms with Crippen LogP contribution in [0.4, 0.5) is 0 Å². The first kappa shape index (κ1) is 32.2. The summed E-state index contributed by atoms with van der Waals surface area (Å²) in [5, 5.41) is 9.39. The lowest BCUT2D eigenvalue weighted by Gasteiger charge is -2.23. The number of thiazole rings is 1. The lowest BCUT2D eigenvalue weighted by molar-refractivity contribution is -0.136. The van der Waals surface area contributed by atoms with Gasteiger partial charge in [-0.2, -0.15) is 5.26 Å². The molecule has 1 aliphatic heterocycles. The minimum absolute atomic E-state index is 0.206. The Kier molecular flexibility index (Phi) is 10.2. The molecule has 0 amide bonds. The summed E-state index contributed by atoms with van der Waals surface area (Å²) in [7, 11) is 1.29. The maximum Gasteiger partial charge on any atom is 0.337 e. The molecule has 1 atom stereocenters. The molecular formula is C33H27Br2N3O6S. The number of ether oxygens (including phenoxy) is 4. The summed E-state index contributed by atoms with van der Waals surface area (Å²) in [5.74, 6) is 1.04. The van der Waals surface area contributed by atoms with Crippen LogP contribution in [0.2, 0.25) is 0 Å². The zero-order chi connectivity index (χ0) is 32.1. The molecule has 3 aromatic carbocycles. The minimum atomic E-state index is -0.795. The Bertz CT molecular complexity index is 2010. The van der Waals surface area contributed by atoms with Crippen molar-refractivity contribution in [1.82, 2.24) is 4.57 Å². The molecule has 0 bridgehead atoms. The predicted octanol–water partition coefficient (Wildman–Crippen LogP) is 5.79. The van der Waals surface area contributed by atoms with E-state index in [9.17, 15) is 14.9 Å². The fourth-order valence-corrected chi connectivity index (χ4v) is 7.26. The fraction of sp³-hybridized carbons (Fsp3) is 0.212. The van der Waals surface area contributed by atoms with Gasteiger partial charge in [-0.05, 0) is 93.2 Å². The zero-order valence-corrected chi connectivity index (χ0v) is 28.5. The molecule has 45 heavy (non-hydrogen) atoms. The standard InChI is InChI=1S/C33H27Br2N3O6S/c1-4-42-26-11-10-20(15-27(26)43-5-2)29-23(32(40)41-3)17-37-33-38(29)31(39)28(45-33)14-19-12-24(34)30(25(35)13-19)44-18-22-9-7-6-8-21(22)16-36/h6-15,17,29H,4-5,18H2,1-3H3/b28-14-/t29-/m1/s1. The third-order valence-corrected chi connectivity index (χ3v) is 9.01. The van der Waals surface area contributed by atoms with Gasteiger partial charge in [0.05, 0.1) is 57.0 Å². The number of hydrogen-bond acceptors (Lipinski definition) is 9. The molecule has 9 nitrogen and oxygen atoms in total. The van der Waals surface area contributed by atoms with Crippen LogP contribution in [0.1, 0.15) is 42.1 Å². The van der Waals surface area contributed by atoms with E-state index in [4.69, 9.17) is 18.9 Å².